The number of carbonyl (C=O) groups is 1. The van der Waals surface area contributed by atoms with Crippen LogP contribution >= 0.6 is 0 Å². The van der Waals surface area contributed by atoms with Gasteiger partial charge in [-0.15, -0.1) is 0 Å². The summed E-state index contributed by atoms with van der Waals surface area (Å²) in [6, 6.07) is 0. The maximum absolute atomic E-state index is 10.0. The molecule has 0 aliphatic heterocycles. The lowest BCUT2D eigenvalue weighted by atomic mass is 10.5. The molecule has 0 bridgehead atoms. The third kappa shape index (κ3) is 4.12. The molecular formula is C6H12O3. The molecule has 9 heavy (non-hydrogen) atoms. The summed E-state index contributed by atoms with van der Waals surface area (Å²) in [4.78, 5) is 10.0. The Morgan fingerprint density at radius 1 is 1.44 bits per heavy atom. The second-order valence-corrected chi connectivity index (χ2v) is 1.93. The van der Waals surface area contributed by atoms with E-state index in [1.807, 2.05) is 13.8 Å². The van der Waals surface area contributed by atoms with Gasteiger partial charge in [-0.1, -0.05) is 0 Å². The fourth-order valence-corrected chi connectivity index (χ4v) is 0.411. The van der Waals surface area contributed by atoms with E-state index in [9.17, 15) is 4.79 Å². The van der Waals surface area contributed by atoms with Gasteiger partial charge < -0.3 is 9.47 Å². The third-order valence-electron chi connectivity index (χ3n) is 0.750. The largest absolute Gasteiger partial charge is 0.350 e. The first kappa shape index (κ1) is 8.59. The van der Waals surface area contributed by atoms with E-state index < -0.39 is 6.29 Å². The van der Waals surface area contributed by atoms with Crippen LogP contribution in [0.25, 0.3) is 0 Å². The fraction of sp³-hybridized carbons (Fsp3) is 0.833. The first-order chi connectivity index (χ1) is 4.20. The van der Waals surface area contributed by atoms with Crippen molar-refractivity contribution in [1.82, 2.24) is 0 Å². The van der Waals surface area contributed by atoms with Gasteiger partial charge in [-0.05, 0) is 13.8 Å². The van der Waals surface area contributed by atoms with Gasteiger partial charge in [0.05, 0.1) is 6.10 Å². The highest BCUT2D eigenvalue weighted by atomic mass is 16.7. The van der Waals surface area contributed by atoms with E-state index in [-0.39, 0.29) is 6.10 Å². The van der Waals surface area contributed by atoms with Gasteiger partial charge in [-0.2, -0.15) is 0 Å². The first-order valence-corrected chi connectivity index (χ1v) is 2.84. The van der Waals surface area contributed by atoms with E-state index in [1.165, 1.54) is 7.11 Å². The zero-order valence-corrected chi connectivity index (χ0v) is 5.96. The highest BCUT2D eigenvalue weighted by Gasteiger charge is 2.05. The highest BCUT2D eigenvalue weighted by molar-refractivity contribution is 5.53. The lowest BCUT2D eigenvalue weighted by Gasteiger charge is -2.11. The molecule has 0 aliphatic rings. The summed E-state index contributed by atoms with van der Waals surface area (Å²) >= 11 is 0. The molecule has 1 unspecified atom stereocenters. The number of rotatable bonds is 4. The van der Waals surface area contributed by atoms with Crippen LogP contribution in [0.15, 0.2) is 0 Å². The second kappa shape index (κ2) is 4.47. The minimum atomic E-state index is -0.704. The number of hydrogen-bond donors (Lipinski definition) is 0. The SMILES string of the molecule is COC(C=O)OC(C)C. The lowest BCUT2D eigenvalue weighted by Crippen LogP contribution is -2.20. The molecule has 3 nitrogen and oxygen atoms in total. The molecule has 0 spiro atoms. The molecule has 0 aliphatic carbocycles. The molecule has 0 saturated heterocycles. The summed E-state index contributed by atoms with van der Waals surface area (Å²) in [5.74, 6) is 0. The van der Waals surface area contributed by atoms with Crippen molar-refractivity contribution in [3.8, 4) is 0 Å². The Kier molecular flexibility index (Phi) is 4.26. The summed E-state index contributed by atoms with van der Waals surface area (Å²) in [7, 11) is 1.43. The maximum Gasteiger partial charge on any atom is 0.214 e. The van der Waals surface area contributed by atoms with Crippen molar-refractivity contribution < 1.29 is 14.3 Å². The highest BCUT2D eigenvalue weighted by Crippen LogP contribution is 1.94. The second-order valence-electron chi connectivity index (χ2n) is 1.93. The van der Waals surface area contributed by atoms with Crippen LogP contribution in [-0.2, 0) is 14.3 Å². The Labute approximate surface area is 55.0 Å². The standard InChI is InChI=1S/C6H12O3/c1-5(2)9-6(4-7)8-3/h4-6H,1-3H3. The molecule has 3 heteroatoms. The molecule has 0 rings (SSSR count). The van der Waals surface area contributed by atoms with Gasteiger partial charge in [-0.25, -0.2) is 0 Å². The Hall–Kier alpha value is -0.410. The summed E-state index contributed by atoms with van der Waals surface area (Å²) in [5, 5.41) is 0. The van der Waals surface area contributed by atoms with Crippen LogP contribution in [0.4, 0.5) is 0 Å². The van der Waals surface area contributed by atoms with Crippen LogP contribution in [0, 0.1) is 0 Å². The quantitative estimate of drug-likeness (QED) is 0.414. The predicted octanol–water partition coefficient (Wildman–Crippen LogP) is 0.583. The van der Waals surface area contributed by atoms with Crippen LogP contribution in [0.1, 0.15) is 13.8 Å². The fourth-order valence-electron chi connectivity index (χ4n) is 0.411. The van der Waals surface area contributed by atoms with Gasteiger partial charge in [0, 0.05) is 7.11 Å². The van der Waals surface area contributed by atoms with Crippen LogP contribution in [-0.4, -0.2) is 25.8 Å². The van der Waals surface area contributed by atoms with E-state index in [4.69, 9.17) is 4.74 Å². The Morgan fingerprint density at radius 2 is 2.00 bits per heavy atom. The Morgan fingerprint density at radius 3 is 2.11 bits per heavy atom. The van der Waals surface area contributed by atoms with Crippen molar-refractivity contribution >= 4 is 6.29 Å². The summed E-state index contributed by atoms with van der Waals surface area (Å²) in [6.45, 7) is 3.69. The molecule has 0 amide bonds. The smallest absolute Gasteiger partial charge is 0.214 e. The third-order valence-corrected chi connectivity index (χ3v) is 0.750. The van der Waals surface area contributed by atoms with Crippen LogP contribution in [0.5, 0.6) is 0 Å². The average Bonchev–Trinajstić information content (AvgIpc) is 1.82. The van der Waals surface area contributed by atoms with E-state index in [0.717, 1.165) is 0 Å². The van der Waals surface area contributed by atoms with Crippen LogP contribution < -0.4 is 0 Å². The van der Waals surface area contributed by atoms with Crippen molar-refractivity contribution in [3.63, 3.8) is 0 Å². The molecule has 54 valence electrons. The molecule has 0 radical (unpaired) electrons. The topological polar surface area (TPSA) is 35.5 Å². The lowest BCUT2D eigenvalue weighted by molar-refractivity contribution is -0.159. The first-order valence-electron chi connectivity index (χ1n) is 2.84. The number of ether oxygens (including phenoxy) is 2. The van der Waals surface area contributed by atoms with Crippen molar-refractivity contribution in [1.29, 1.82) is 0 Å². The van der Waals surface area contributed by atoms with Gasteiger partial charge in [0.15, 0.2) is 6.29 Å². The summed E-state index contributed by atoms with van der Waals surface area (Å²) < 4.78 is 9.58. The molecule has 0 aromatic carbocycles. The van der Waals surface area contributed by atoms with E-state index in [1.54, 1.807) is 0 Å². The van der Waals surface area contributed by atoms with Gasteiger partial charge >= 0.3 is 0 Å². The minimum absolute atomic E-state index is 0.0279. The number of methoxy groups -OCH3 is 1. The Balaban J connectivity index is 3.42. The van der Waals surface area contributed by atoms with Crippen LogP contribution in [0.3, 0.4) is 0 Å². The van der Waals surface area contributed by atoms with Crippen molar-refractivity contribution in [2.75, 3.05) is 7.11 Å². The van der Waals surface area contributed by atoms with Crippen molar-refractivity contribution in [3.05, 3.63) is 0 Å². The summed E-state index contributed by atoms with van der Waals surface area (Å²) in [5.41, 5.74) is 0. The average molecular weight is 132 g/mol. The molecular weight excluding hydrogens is 120 g/mol. The predicted molar refractivity (Wildman–Crippen MR) is 33.1 cm³/mol. The van der Waals surface area contributed by atoms with E-state index in [0.29, 0.717) is 6.29 Å². The zero-order valence-electron chi connectivity index (χ0n) is 5.96. The molecule has 0 saturated carbocycles. The Bertz CT molecular complexity index is 80.4. The van der Waals surface area contributed by atoms with Gasteiger partial charge in [0.25, 0.3) is 0 Å². The van der Waals surface area contributed by atoms with Gasteiger partial charge in [0.2, 0.25) is 6.29 Å². The number of hydrogen-bond acceptors (Lipinski definition) is 3. The molecule has 0 aromatic heterocycles. The molecule has 1 atom stereocenters. The maximum atomic E-state index is 10.0. The molecule has 0 N–H and O–H groups in total. The minimum Gasteiger partial charge on any atom is -0.350 e. The van der Waals surface area contributed by atoms with Gasteiger partial charge in [-0.3, -0.25) is 4.79 Å². The van der Waals surface area contributed by atoms with E-state index >= 15 is 0 Å². The molecule has 0 fully saturated rings. The van der Waals surface area contributed by atoms with Crippen molar-refractivity contribution in [2.45, 2.75) is 26.2 Å². The number of aldehydes is 1. The zero-order chi connectivity index (χ0) is 7.28. The van der Waals surface area contributed by atoms with Crippen molar-refractivity contribution in [2.24, 2.45) is 0 Å². The molecule has 0 aromatic rings. The molecule has 0 heterocycles. The van der Waals surface area contributed by atoms with Gasteiger partial charge in [0.1, 0.15) is 0 Å². The van der Waals surface area contributed by atoms with Crippen LogP contribution in [0.2, 0.25) is 0 Å². The number of carbonyl (C=O) groups excluding carboxylic acids is 1. The summed E-state index contributed by atoms with van der Waals surface area (Å²) in [6.07, 6.45) is -0.0508. The monoisotopic (exact) mass is 132 g/mol. The van der Waals surface area contributed by atoms with E-state index in [2.05, 4.69) is 4.74 Å². The normalized spacial score (nSPS) is 13.8.